The maximum atomic E-state index is 12.5. The van der Waals surface area contributed by atoms with Crippen molar-refractivity contribution < 1.29 is 26.3 Å². The van der Waals surface area contributed by atoms with Crippen molar-refractivity contribution in [1.82, 2.24) is 9.62 Å². The Morgan fingerprint density at radius 2 is 1.92 bits per heavy atom. The van der Waals surface area contributed by atoms with E-state index in [1.807, 2.05) is 7.05 Å². The van der Waals surface area contributed by atoms with E-state index in [-0.39, 0.29) is 17.3 Å². The lowest BCUT2D eigenvalue weighted by Crippen LogP contribution is -2.40. The minimum absolute atomic E-state index is 0. The van der Waals surface area contributed by atoms with Crippen LogP contribution in [0.4, 0.5) is 13.2 Å². The fourth-order valence-corrected chi connectivity index (χ4v) is 4.13. The number of hydrogen-bond donors (Lipinski definition) is 1. The minimum atomic E-state index is -4.85. The van der Waals surface area contributed by atoms with Gasteiger partial charge in [-0.2, -0.15) is 4.31 Å². The van der Waals surface area contributed by atoms with Gasteiger partial charge in [0.15, 0.2) is 0 Å². The molecule has 10 heteroatoms. The smallest absolute Gasteiger partial charge is 0.406 e. The number of piperidine rings is 1. The summed E-state index contributed by atoms with van der Waals surface area (Å²) < 4.78 is 66.9. The van der Waals surface area contributed by atoms with E-state index in [9.17, 15) is 21.6 Å². The third kappa shape index (κ3) is 5.51. The highest BCUT2D eigenvalue weighted by Crippen LogP contribution is 2.28. The second kappa shape index (κ2) is 8.37. The van der Waals surface area contributed by atoms with E-state index in [1.54, 1.807) is 0 Å². The molecule has 0 radical (unpaired) electrons. The molecule has 0 bridgehead atoms. The highest BCUT2D eigenvalue weighted by atomic mass is 35.5. The Bertz CT molecular complexity index is 632. The van der Waals surface area contributed by atoms with E-state index in [2.05, 4.69) is 10.1 Å². The molecule has 0 unspecified atom stereocenters. The Morgan fingerprint density at radius 1 is 1.29 bits per heavy atom. The van der Waals surface area contributed by atoms with Crippen LogP contribution >= 0.6 is 12.4 Å². The Balaban J connectivity index is 0.00000288. The molecule has 24 heavy (non-hydrogen) atoms. The molecule has 0 saturated carbocycles. The SMILES string of the molecule is CNCC1CCN(S(=O)(=O)c2cccc(OC(F)(F)F)c2)CC1.Cl. The molecule has 0 aromatic heterocycles. The molecule has 138 valence electrons. The van der Waals surface area contributed by atoms with E-state index in [0.717, 1.165) is 31.5 Å². The average molecular weight is 389 g/mol. The quantitative estimate of drug-likeness (QED) is 0.842. The average Bonchev–Trinajstić information content (AvgIpc) is 2.47. The summed E-state index contributed by atoms with van der Waals surface area (Å²) in [6.45, 7) is 1.54. The van der Waals surface area contributed by atoms with Crippen LogP contribution in [0.1, 0.15) is 12.8 Å². The summed E-state index contributed by atoms with van der Waals surface area (Å²) in [5, 5.41) is 3.06. The van der Waals surface area contributed by atoms with Crippen molar-refractivity contribution in [3.8, 4) is 5.75 Å². The first-order chi connectivity index (χ1) is 10.7. The van der Waals surface area contributed by atoms with Crippen LogP contribution in [0.2, 0.25) is 0 Å². The van der Waals surface area contributed by atoms with Crippen molar-refractivity contribution in [3.63, 3.8) is 0 Å². The summed E-state index contributed by atoms with van der Waals surface area (Å²) in [4.78, 5) is -0.189. The molecule has 2 rings (SSSR count). The minimum Gasteiger partial charge on any atom is -0.406 e. The van der Waals surface area contributed by atoms with Crippen LogP contribution in [0.15, 0.2) is 29.2 Å². The summed E-state index contributed by atoms with van der Waals surface area (Å²) in [5.41, 5.74) is 0. The van der Waals surface area contributed by atoms with Gasteiger partial charge in [0.25, 0.3) is 0 Å². The van der Waals surface area contributed by atoms with Gasteiger partial charge in [-0.1, -0.05) is 6.07 Å². The topological polar surface area (TPSA) is 58.6 Å². The molecule has 0 aliphatic carbocycles. The molecule has 0 amide bonds. The number of hydrogen-bond acceptors (Lipinski definition) is 4. The number of sulfonamides is 1. The lowest BCUT2D eigenvalue weighted by atomic mass is 9.98. The molecule has 1 aromatic rings. The molecule has 5 nitrogen and oxygen atoms in total. The van der Waals surface area contributed by atoms with Crippen molar-refractivity contribution in [2.75, 3.05) is 26.7 Å². The molecule has 1 heterocycles. The first kappa shape index (κ1) is 21.0. The molecule has 1 aromatic carbocycles. The van der Waals surface area contributed by atoms with Crippen molar-refractivity contribution in [2.24, 2.45) is 5.92 Å². The Hall–Kier alpha value is -1.03. The Labute approximate surface area is 145 Å². The van der Waals surface area contributed by atoms with Gasteiger partial charge in [-0.25, -0.2) is 8.42 Å². The van der Waals surface area contributed by atoms with E-state index in [1.165, 1.54) is 16.4 Å². The first-order valence-corrected chi connectivity index (χ1v) is 8.67. The van der Waals surface area contributed by atoms with Crippen LogP contribution in [-0.4, -0.2) is 45.8 Å². The van der Waals surface area contributed by atoms with Crippen LogP contribution in [0, 0.1) is 5.92 Å². The normalized spacial score (nSPS) is 17.3. The second-order valence-electron chi connectivity index (χ2n) is 5.43. The fraction of sp³-hybridized carbons (Fsp3) is 0.571. The summed E-state index contributed by atoms with van der Waals surface area (Å²) in [6.07, 6.45) is -3.41. The molecular formula is C14H20ClF3N2O3S. The molecular weight excluding hydrogens is 369 g/mol. The Morgan fingerprint density at radius 3 is 2.46 bits per heavy atom. The van der Waals surface area contributed by atoms with Gasteiger partial charge in [0.05, 0.1) is 4.90 Å². The van der Waals surface area contributed by atoms with E-state index < -0.39 is 22.1 Å². The van der Waals surface area contributed by atoms with Gasteiger partial charge in [0, 0.05) is 19.2 Å². The fourth-order valence-electron chi connectivity index (χ4n) is 2.62. The van der Waals surface area contributed by atoms with Crippen molar-refractivity contribution in [2.45, 2.75) is 24.1 Å². The lowest BCUT2D eigenvalue weighted by Gasteiger charge is -2.31. The predicted octanol–water partition coefficient (Wildman–Crippen LogP) is 2.63. The summed E-state index contributed by atoms with van der Waals surface area (Å²) >= 11 is 0. The molecule has 1 saturated heterocycles. The first-order valence-electron chi connectivity index (χ1n) is 7.23. The zero-order valence-electron chi connectivity index (χ0n) is 13.0. The number of nitrogens with zero attached hydrogens (tertiary/aromatic N) is 1. The summed E-state index contributed by atoms with van der Waals surface area (Å²) in [5.74, 6) is -0.130. The molecule has 1 fully saturated rings. The third-order valence-corrected chi connectivity index (χ3v) is 5.64. The number of halogens is 4. The molecule has 1 N–H and O–H groups in total. The van der Waals surface area contributed by atoms with Gasteiger partial charge >= 0.3 is 6.36 Å². The highest BCUT2D eigenvalue weighted by Gasteiger charge is 2.33. The van der Waals surface area contributed by atoms with Gasteiger partial charge in [-0.3, -0.25) is 0 Å². The molecule has 1 aliphatic rings. The van der Waals surface area contributed by atoms with Gasteiger partial charge in [0.1, 0.15) is 5.75 Å². The lowest BCUT2D eigenvalue weighted by molar-refractivity contribution is -0.274. The zero-order valence-corrected chi connectivity index (χ0v) is 14.7. The number of ether oxygens (including phenoxy) is 1. The van der Waals surface area contributed by atoms with Gasteiger partial charge < -0.3 is 10.1 Å². The van der Waals surface area contributed by atoms with Crippen LogP contribution in [0.25, 0.3) is 0 Å². The second-order valence-corrected chi connectivity index (χ2v) is 7.37. The largest absolute Gasteiger partial charge is 0.573 e. The van der Waals surface area contributed by atoms with Crippen LogP contribution in [0.3, 0.4) is 0 Å². The molecule has 1 aliphatic heterocycles. The number of alkyl halides is 3. The van der Waals surface area contributed by atoms with Crippen molar-refractivity contribution in [3.05, 3.63) is 24.3 Å². The maximum absolute atomic E-state index is 12.5. The maximum Gasteiger partial charge on any atom is 0.573 e. The number of nitrogens with one attached hydrogen (secondary N) is 1. The van der Waals surface area contributed by atoms with E-state index >= 15 is 0 Å². The van der Waals surface area contributed by atoms with E-state index in [4.69, 9.17) is 0 Å². The summed E-state index contributed by atoms with van der Waals surface area (Å²) in [7, 11) is -1.97. The summed E-state index contributed by atoms with van der Waals surface area (Å²) in [6, 6.07) is 4.49. The van der Waals surface area contributed by atoms with Crippen molar-refractivity contribution in [1.29, 1.82) is 0 Å². The molecule has 0 spiro atoms. The standard InChI is InChI=1S/C14H19F3N2O3S.ClH/c1-18-10-11-5-7-19(8-6-11)23(20,21)13-4-2-3-12(9-13)22-14(15,16)17;/h2-4,9,11,18H,5-8,10H2,1H3;1H. The monoisotopic (exact) mass is 388 g/mol. The van der Waals surface area contributed by atoms with E-state index in [0.29, 0.717) is 19.0 Å². The van der Waals surface area contributed by atoms with Gasteiger partial charge in [-0.05, 0) is 44.5 Å². The predicted molar refractivity (Wildman–Crippen MR) is 85.8 cm³/mol. The van der Waals surface area contributed by atoms with Gasteiger partial charge in [0.2, 0.25) is 10.0 Å². The third-order valence-electron chi connectivity index (χ3n) is 3.74. The van der Waals surface area contributed by atoms with Crippen LogP contribution in [0.5, 0.6) is 5.75 Å². The highest BCUT2D eigenvalue weighted by molar-refractivity contribution is 7.89. The zero-order chi connectivity index (χ0) is 17.1. The molecule has 0 atom stereocenters. The van der Waals surface area contributed by atoms with Crippen LogP contribution in [-0.2, 0) is 10.0 Å². The van der Waals surface area contributed by atoms with Gasteiger partial charge in [-0.15, -0.1) is 25.6 Å². The number of rotatable bonds is 5. The van der Waals surface area contributed by atoms with Crippen molar-refractivity contribution >= 4 is 22.4 Å². The number of benzene rings is 1. The Kier molecular flexibility index (Phi) is 7.33. The van der Waals surface area contributed by atoms with Crippen LogP contribution < -0.4 is 10.1 Å².